The van der Waals surface area contributed by atoms with Gasteiger partial charge in [-0.05, 0) is 50.7 Å². The van der Waals surface area contributed by atoms with Crippen LogP contribution < -0.4 is 4.74 Å². The number of pyridine rings is 1. The van der Waals surface area contributed by atoms with Crippen LogP contribution in [-0.4, -0.2) is 47.2 Å². The summed E-state index contributed by atoms with van der Waals surface area (Å²) < 4.78 is 12.1. The average molecular weight is 342 g/mol. The normalized spacial score (nSPS) is 25.7. The molecule has 1 amide bonds. The Kier molecular flexibility index (Phi) is 4.75. The van der Waals surface area contributed by atoms with Gasteiger partial charge in [-0.1, -0.05) is 6.08 Å². The summed E-state index contributed by atoms with van der Waals surface area (Å²) in [6, 6.07) is 3.81. The lowest BCUT2D eigenvalue weighted by Crippen LogP contribution is -2.47. The van der Waals surface area contributed by atoms with Gasteiger partial charge in [0.15, 0.2) is 0 Å². The van der Waals surface area contributed by atoms with Crippen molar-refractivity contribution in [2.75, 3.05) is 19.7 Å². The minimum Gasteiger partial charge on any atom is -0.486 e. The van der Waals surface area contributed by atoms with Crippen molar-refractivity contribution in [1.29, 1.82) is 0 Å². The minimum atomic E-state index is -0.120. The maximum atomic E-state index is 12.6. The number of nitrogens with zero attached hydrogens (tertiary/aromatic N) is 2. The van der Waals surface area contributed by atoms with Crippen LogP contribution in [0.15, 0.2) is 36.2 Å². The van der Waals surface area contributed by atoms with Gasteiger partial charge in [0, 0.05) is 31.3 Å². The smallest absolute Gasteiger partial charge is 0.249 e. The van der Waals surface area contributed by atoms with Gasteiger partial charge in [-0.2, -0.15) is 0 Å². The molecule has 3 aliphatic rings. The molecule has 134 valence electrons. The highest BCUT2D eigenvalue weighted by atomic mass is 16.6. The molecule has 0 radical (unpaired) electrons. The summed E-state index contributed by atoms with van der Waals surface area (Å²) >= 11 is 0. The Labute approximate surface area is 149 Å². The van der Waals surface area contributed by atoms with Crippen LogP contribution in [0.25, 0.3) is 0 Å². The molecule has 4 rings (SSSR count). The highest BCUT2D eigenvalue weighted by Gasteiger charge is 2.44. The SMILES string of the molecule is O=C(C1=CCCCC1)N1CCC2(CC1)C[C@H](Oc1cccnc1)CO2. The van der Waals surface area contributed by atoms with Crippen LogP contribution in [0.3, 0.4) is 0 Å². The molecule has 2 fully saturated rings. The van der Waals surface area contributed by atoms with Gasteiger partial charge < -0.3 is 14.4 Å². The van der Waals surface area contributed by atoms with Gasteiger partial charge in [0.05, 0.1) is 18.4 Å². The van der Waals surface area contributed by atoms with Gasteiger partial charge in [0.2, 0.25) is 5.91 Å². The van der Waals surface area contributed by atoms with E-state index in [1.807, 2.05) is 17.0 Å². The molecule has 0 saturated carbocycles. The molecule has 1 aliphatic carbocycles. The first kappa shape index (κ1) is 16.6. The van der Waals surface area contributed by atoms with E-state index in [9.17, 15) is 4.79 Å². The molecule has 2 saturated heterocycles. The van der Waals surface area contributed by atoms with Crippen molar-refractivity contribution in [2.45, 2.75) is 56.7 Å². The van der Waals surface area contributed by atoms with Gasteiger partial charge in [0.25, 0.3) is 0 Å². The molecule has 5 heteroatoms. The van der Waals surface area contributed by atoms with E-state index in [1.54, 1.807) is 12.4 Å². The van der Waals surface area contributed by atoms with Crippen molar-refractivity contribution >= 4 is 5.91 Å². The fraction of sp³-hybridized carbons (Fsp3) is 0.600. The lowest BCUT2D eigenvalue weighted by atomic mass is 9.87. The summed E-state index contributed by atoms with van der Waals surface area (Å²) in [5.74, 6) is 1.04. The first-order valence-electron chi connectivity index (χ1n) is 9.43. The number of amides is 1. The van der Waals surface area contributed by atoms with Crippen molar-refractivity contribution in [3.8, 4) is 5.75 Å². The van der Waals surface area contributed by atoms with Crippen LogP contribution in [0.4, 0.5) is 0 Å². The van der Waals surface area contributed by atoms with Gasteiger partial charge in [-0.15, -0.1) is 0 Å². The maximum Gasteiger partial charge on any atom is 0.249 e. The fourth-order valence-electron chi connectivity index (χ4n) is 4.19. The van der Waals surface area contributed by atoms with E-state index in [1.165, 1.54) is 6.42 Å². The Morgan fingerprint density at radius 2 is 2.20 bits per heavy atom. The standard InChI is InChI=1S/C20H26N2O3/c23-19(16-5-2-1-3-6-16)22-11-8-20(9-12-22)13-18(15-24-20)25-17-7-4-10-21-14-17/h4-5,7,10,14,18H,1-3,6,8-9,11-13,15H2/t18-/m0/s1. The van der Waals surface area contributed by atoms with E-state index < -0.39 is 0 Å². The number of hydrogen-bond acceptors (Lipinski definition) is 4. The molecule has 0 aromatic carbocycles. The van der Waals surface area contributed by atoms with E-state index >= 15 is 0 Å². The molecule has 3 heterocycles. The summed E-state index contributed by atoms with van der Waals surface area (Å²) in [6.45, 7) is 2.19. The number of allylic oxidation sites excluding steroid dienone is 1. The number of hydrogen-bond donors (Lipinski definition) is 0. The van der Waals surface area contributed by atoms with Gasteiger partial charge in [-0.25, -0.2) is 0 Å². The lowest BCUT2D eigenvalue weighted by Gasteiger charge is -2.39. The molecule has 0 bridgehead atoms. The van der Waals surface area contributed by atoms with Gasteiger partial charge in [0.1, 0.15) is 11.9 Å². The van der Waals surface area contributed by atoms with Crippen LogP contribution in [-0.2, 0) is 9.53 Å². The lowest BCUT2D eigenvalue weighted by molar-refractivity contribution is -0.132. The highest BCUT2D eigenvalue weighted by Crippen LogP contribution is 2.37. The minimum absolute atomic E-state index is 0.0764. The number of piperidine rings is 1. The van der Waals surface area contributed by atoms with Crippen molar-refractivity contribution in [3.05, 3.63) is 36.2 Å². The monoisotopic (exact) mass is 342 g/mol. The maximum absolute atomic E-state index is 12.6. The van der Waals surface area contributed by atoms with Crippen LogP contribution >= 0.6 is 0 Å². The summed E-state index contributed by atoms with van der Waals surface area (Å²) in [5, 5.41) is 0. The quantitative estimate of drug-likeness (QED) is 0.847. The molecular formula is C20H26N2O3. The fourth-order valence-corrected chi connectivity index (χ4v) is 4.19. The van der Waals surface area contributed by atoms with Crippen molar-refractivity contribution < 1.29 is 14.3 Å². The largest absolute Gasteiger partial charge is 0.486 e. The second-order valence-corrected chi connectivity index (χ2v) is 7.39. The predicted octanol–water partition coefficient (Wildman–Crippen LogP) is 3.11. The van der Waals surface area contributed by atoms with E-state index in [-0.39, 0.29) is 17.6 Å². The topological polar surface area (TPSA) is 51.7 Å². The Hall–Kier alpha value is -1.88. The first-order chi connectivity index (χ1) is 12.2. The van der Waals surface area contributed by atoms with E-state index in [0.717, 1.165) is 62.9 Å². The van der Waals surface area contributed by atoms with E-state index in [2.05, 4.69) is 11.1 Å². The van der Waals surface area contributed by atoms with Crippen LogP contribution in [0.1, 0.15) is 44.9 Å². The van der Waals surface area contributed by atoms with E-state index in [0.29, 0.717) is 6.61 Å². The van der Waals surface area contributed by atoms with Crippen molar-refractivity contribution in [3.63, 3.8) is 0 Å². The summed E-state index contributed by atoms with van der Waals surface area (Å²) in [7, 11) is 0. The third kappa shape index (κ3) is 3.71. The Morgan fingerprint density at radius 1 is 1.32 bits per heavy atom. The van der Waals surface area contributed by atoms with Gasteiger partial charge >= 0.3 is 0 Å². The molecule has 0 unspecified atom stereocenters. The molecule has 1 aromatic rings. The zero-order valence-electron chi connectivity index (χ0n) is 14.7. The van der Waals surface area contributed by atoms with Crippen LogP contribution in [0, 0.1) is 0 Å². The number of ether oxygens (including phenoxy) is 2. The zero-order chi connectivity index (χ0) is 17.1. The number of carbonyl (C=O) groups is 1. The van der Waals surface area contributed by atoms with Crippen LogP contribution in [0.2, 0.25) is 0 Å². The molecule has 1 atom stereocenters. The number of carbonyl (C=O) groups excluding carboxylic acids is 1. The number of likely N-dealkylation sites (tertiary alicyclic amines) is 1. The Morgan fingerprint density at radius 3 is 2.92 bits per heavy atom. The van der Waals surface area contributed by atoms with Crippen LogP contribution in [0.5, 0.6) is 5.75 Å². The Balaban J connectivity index is 1.31. The van der Waals surface area contributed by atoms with E-state index in [4.69, 9.17) is 9.47 Å². The zero-order valence-corrected chi connectivity index (χ0v) is 14.7. The predicted molar refractivity (Wildman–Crippen MR) is 94.3 cm³/mol. The number of rotatable bonds is 3. The molecule has 1 aromatic heterocycles. The molecular weight excluding hydrogens is 316 g/mol. The van der Waals surface area contributed by atoms with Crippen molar-refractivity contribution in [2.24, 2.45) is 0 Å². The first-order valence-corrected chi connectivity index (χ1v) is 9.43. The van der Waals surface area contributed by atoms with Gasteiger partial charge in [-0.3, -0.25) is 9.78 Å². The second kappa shape index (κ2) is 7.16. The molecule has 1 spiro atoms. The van der Waals surface area contributed by atoms with Crippen molar-refractivity contribution in [1.82, 2.24) is 9.88 Å². The second-order valence-electron chi connectivity index (χ2n) is 7.39. The summed E-state index contributed by atoms with van der Waals surface area (Å²) in [4.78, 5) is 18.8. The third-order valence-corrected chi connectivity index (χ3v) is 5.64. The number of aromatic nitrogens is 1. The molecule has 2 aliphatic heterocycles. The molecule has 0 N–H and O–H groups in total. The molecule has 25 heavy (non-hydrogen) atoms. The summed E-state index contributed by atoms with van der Waals surface area (Å²) in [6.07, 6.45) is 12.8. The Bertz CT molecular complexity index is 636. The third-order valence-electron chi connectivity index (χ3n) is 5.64. The highest BCUT2D eigenvalue weighted by molar-refractivity contribution is 5.93. The average Bonchev–Trinajstić information content (AvgIpc) is 3.05. The molecule has 5 nitrogen and oxygen atoms in total. The summed E-state index contributed by atoms with van der Waals surface area (Å²) in [5.41, 5.74) is 0.900.